The predicted molar refractivity (Wildman–Crippen MR) is 110 cm³/mol. The number of anilines is 1. The molecule has 1 N–H and O–H groups in total. The fourth-order valence-electron chi connectivity index (χ4n) is 5.02. The summed E-state index contributed by atoms with van der Waals surface area (Å²) in [6.45, 7) is 6.69. The molecule has 29 heavy (non-hydrogen) atoms. The topological polar surface area (TPSA) is 65.9 Å². The van der Waals surface area contributed by atoms with Gasteiger partial charge in [0.2, 0.25) is 0 Å². The molecule has 0 bridgehead atoms. The number of aryl methyl sites for hydroxylation is 1. The van der Waals surface area contributed by atoms with Gasteiger partial charge >= 0.3 is 6.03 Å². The number of nitrogens with zero attached hydrogens (tertiary/aromatic N) is 5. The van der Waals surface area contributed by atoms with Crippen LogP contribution in [0.15, 0.2) is 42.9 Å². The molecule has 4 heterocycles. The highest BCUT2D eigenvalue weighted by Crippen LogP contribution is 2.36. The molecule has 0 aliphatic carbocycles. The van der Waals surface area contributed by atoms with E-state index in [0.717, 1.165) is 45.0 Å². The van der Waals surface area contributed by atoms with Crippen molar-refractivity contribution in [1.29, 1.82) is 0 Å². The number of aromatic nitrogens is 2. The van der Waals surface area contributed by atoms with Crippen molar-refractivity contribution in [3.63, 3.8) is 0 Å². The Morgan fingerprint density at radius 3 is 2.86 bits per heavy atom. The van der Waals surface area contributed by atoms with Crippen molar-refractivity contribution >= 4 is 11.7 Å². The first-order valence-corrected chi connectivity index (χ1v) is 10.3. The van der Waals surface area contributed by atoms with Gasteiger partial charge in [-0.1, -0.05) is 18.2 Å². The van der Waals surface area contributed by atoms with Gasteiger partial charge < -0.3 is 19.5 Å². The molecule has 3 aliphatic heterocycles. The Balaban J connectivity index is 1.29. The summed E-state index contributed by atoms with van der Waals surface area (Å²) in [4.78, 5) is 24.2. The smallest absolute Gasteiger partial charge is 0.321 e. The van der Waals surface area contributed by atoms with Crippen LogP contribution in [-0.4, -0.2) is 87.8 Å². The SMILES string of the molecule is Cn1cncc1CN1CC2(C1)CN(C(=O)Nc1ccccc1)CC1COCCN12. The zero-order chi connectivity index (χ0) is 19.8. The predicted octanol–water partition coefficient (Wildman–Crippen LogP) is 1.22. The van der Waals surface area contributed by atoms with Crippen LogP contribution in [0.4, 0.5) is 10.5 Å². The summed E-state index contributed by atoms with van der Waals surface area (Å²) in [5, 5.41) is 3.05. The number of urea groups is 1. The molecule has 3 fully saturated rings. The second kappa shape index (κ2) is 7.44. The van der Waals surface area contributed by atoms with Crippen LogP contribution in [0, 0.1) is 0 Å². The summed E-state index contributed by atoms with van der Waals surface area (Å²) in [5.41, 5.74) is 2.06. The van der Waals surface area contributed by atoms with E-state index in [1.54, 1.807) is 0 Å². The molecule has 154 valence electrons. The number of morpholine rings is 1. The van der Waals surface area contributed by atoms with E-state index in [-0.39, 0.29) is 17.6 Å². The third-order valence-electron chi connectivity index (χ3n) is 6.40. The molecule has 0 radical (unpaired) electrons. The van der Waals surface area contributed by atoms with Gasteiger partial charge in [0, 0.05) is 58.2 Å². The van der Waals surface area contributed by atoms with Crippen LogP contribution in [0.3, 0.4) is 0 Å². The van der Waals surface area contributed by atoms with E-state index in [1.807, 2.05) is 54.8 Å². The number of imidazole rings is 1. The number of benzene rings is 1. The van der Waals surface area contributed by atoms with E-state index < -0.39 is 0 Å². The lowest BCUT2D eigenvalue weighted by molar-refractivity contribution is -0.159. The number of carbonyl (C=O) groups is 1. The van der Waals surface area contributed by atoms with E-state index >= 15 is 0 Å². The first-order chi connectivity index (χ1) is 14.1. The maximum Gasteiger partial charge on any atom is 0.321 e. The second-order valence-electron chi connectivity index (χ2n) is 8.46. The zero-order valence-electron chi connectivity index (χ0n) is 16.8. The molecule has 1 unspecified atom stereocenters. The zero-order valence-corrected chi connectivity index (χ0v) is 16.8. The van der Waals surface area contributed by atoms with Gasteiger partial charge in [0.1, 0.15) is 0 Å². The molecule has 8 heteroatoms. The van der Waals surface area contributed by atoms with E-state index in [0.29, 0.717) is 13.2 Å². The number of para-hydroxylation sites is 1. The summed E-state index contributed by atoms with van der Waals surface area (Å²) in [6.07, 6.45) is 3.78. The summed E-state index contributed by atoms with van der Waals surface area (Å²) >= 11 is 0. The van der Waals surface area contributed by atoms with Crippen LogP contribution in [0.1, 0.15) is 5.69 Å². The average Bonchev–Trinajstić information content (AvgIpc) is 3.12. The Morgan fingerprint density at radius 2 is 2.10 bits per heavy atom. The molecule has 3 saturated heterocycles. The quantitative estimate of drug-likeness (QED) is 0.845. The van der Waals surface area contributed by atoms with Crippen molar-refractivity contribution in [2.75, 3.05) is 51.3 Å². The lowest BCUT2D eigenvalue weighted by Crippen LogP contribution is -2.80. The van der Waals surface area contributed by atoms with Gasteiger partial charge in [0.05, 0.1) is 36.8 Å². The number of nitrogens with one attached hydrogen (secondary N) is 1. The first-order valence-electron chi connectivity index (χ1n) is 10.3. The highest BCUT2D eigenvalue weighted by atomic mass is 16.5. The second-order valence-corrected chi connectivity index (χ2v) is 8.46. The number of carbonyl (C=O) groups excluding carboxylic acids is 1. The van der Waals surface area contributed by atoms with Gasteiger partial charge in [-0.2, -0.15) is 0 Å². The molecule has 1 aromatic carbocycles. The Labute approximate surface area is 171 Å². The molecule has 2 amide bonds. The molecule has 0 saturated carbocycles. The maximum absolute atomic E-state index is 13.0. The van der Waals surface area contributed by atoms with Crippen LogP contribution in [-0.2, 0) is 18.3 Å². The van der Waals surface area contributed by atoms with Gasteiger partial charge in [-0.25, -0.2) is 9.78 Å². The molecule has 1 aromatic heterocycles. The lowest BCUT2D eigenvalue weighted by Gasteiger charge is -2.63. The Hall–Kier alpha value is -2.42. The molecule has 3 aliphatic rings. The summed E-state index contributed by atoms with van der Waals surface area (Å²) in [5.74, 6) is 0. The third-order valence-corrected chi connectivity index (χ3v) is 6.40. The van der Waals surface area contributed by atoms with E-state index in [1.165, 1.54) is 5.69 Å². The fourth-order valence-corrected chi connectivity index (χ4v) is 5.02. The monoisotopic (exact) mass is 396 g/mol. The minimum atomic E-state index is -0.0223. The van der Waals surface area contributed by atoms with Crippen molar-refractivity contribution in [3.05, 3.63) is 48.5 Å². The van der Waals surface area contributed by atoms with E-state index in [2.05, 4.69) is 24.7 Å². The van der Waals surface area contributed by atoms with E-state index in [4.69, 9.17) is 4.74 Å². The minimum absolute atomic E-state index is 0.0132. The van der Waals surface area contributed by atoms with Crippen LogP contribution in [0.5, 0.6) is 0 Å². The van der Waals surface area contributed by atoms with Gasteiger partial charge in [0.15, 0.2) is 0 Å². The molecule has 1 spiro atoms. The average molecular weight is 396 g/mol. The number of hydrogen-bond donors (Lipinski definition) is 1. The number of piperazine rings is 1. The summed E-state index contributed by atoms with van der Waals surface area (Å²) in [6, 6.07) is 9.91. The lowest BCUT2D eigenvalue weighted by atomic mass is 9.82. The largest absolute Gasteiger partial charge is 0.378 e. The van der Waals surface area contributed by atoms with Gasteiger partial charge in [-0.15, -0.1) is 0 Å². The summed E-state index contributed by atoms with van der Waals surface area (Å²) in [7, 11) is 2.03. The van der Waals surface area contributed by atoms with Crippen molar-refractivity contribution in [2.24, 2.45) is 7.05 Å². The highest BCUT2D eigenvalue weighted by molar-refractivity contribution is 5.89. The fraction of sp³-hybridized carbons (Fsp3) is 0.524. The number of ether oxygens (including phenoxy) is 1. The molecule has 1 atom stereocenters. The van der Waals surface area contributed by atoms with Crippen LogP contribution in [0.2, 0.25) is 0 Å². The number of fused-ring (bicyclic) bond motifs is 2. The Morgan fingerprint density at radius 1 is 1.28 bits per heavy atom. The number of hydrogen-bond acceptors (Lipinski definition) is 5. The van der Waals surface area contributed by atoms with Crippen molar-refractivity contribution in [3.8, 4) is 0 Å². The van der Waals surface area contributed by atoms with Crippen LogP contribution in [0.25, 0.3) is 0 Å². The van der Waals surface area contributed by atoms with Crippen molar-refractivity contribution in [1.82, 2.24) is 24.3 Å². The number of likely N-dealkylation sites (tertiary alicyclic amines) is 1. The van der Waals surface area contributed by atoms with Gasteiger partial charge in [-0.3, -0.25) is 9.80 Å². The normalized spacial score (nSPS) is 24.2. The molecular formula is C21H28N6O2. The molecular weight excluding hydrogens is 368 g/mol. The minimum Gasteiger partial charge on any atom is -0.378 e. The highest BCUT2D eigenvalue weighted by Gasteiger charge is 2.54. The molecule has 2 aromatic rings. The van der Waals surface area contributed by atoms with Gasteiger partial charge in [-0.05, 0) is 12.1 Å². The Bertz CT molecular complexity index is 863. The Kier molecular flexibility index (Phi) is 4.77. The van der Waals surface area contributed by atoms with Crippen molar-refractivity contribution in [2.45, 2.75) is 18.1 Å². The van der Waals surface area contributed by atoms with Crippen LogP contribution < -0.4 is 5.32 Å². The molecule has 5 rings (SSSR count). The standard InChI is InChI=1S/C21H28N6O2/c1-24-16-22-9-18(24)10-25-13-21(14-25)15-26(11-19-12-29-8-7-27(19)21)20(28)23-17-5-3-2-4-6-17/h2-6,9,16,19H,7-8,10-15H2,1H3,(H,23,28). The number of rotatable bonds is 3. The molecule has 8 nitrogen and oxygen atoms in total. The maximum atomic E-state index is 13.0. The summed E-state index contributed by atoms with van der Waals surface area (Å²) < 4.78 is 7.82. The van der Waals surface area contributed by atoms with Crippen molar-refractivity contribution < 1.29 is 9.53 Å². The third kappa shape index (κ3) is 3.52. The van der Waals surface area contributed by atoms with Crippen LogP contribution >= 0.6 is 0 Å². The van der Waals surface area contributed by atoms with Gasteiger partial charge in [0.25, 0.3) is 0 Å². The number of amides is 2. The first kappa shape index (κ1) is 18.6. The van der Waals surface area contributed by atoms with E-state index in [9.17, 15) is 4.79 Å².